The van der Waals surface area contributed by atoms with E-state index in [0.717, 1.165) is 22.4 Å². The second-order valence-electron chi connectivity index (χ2n) is 4.01. The normalized spacial score (nSPS) is 10.4. The van der Waals surface area contributed by atoms with Crippen LogP contribution in [0.25, 0.3) is 6.08 Å². The Labute approximate surface area is 97.8 Å². The molecule has 16 heavy (non-hydrogen) atoms. The highest BCUT2D eigenvalue weighted by Gasteiger charge is 1.99. The summed E-state index contributed by atoms with van der Waals surface area (Å²) in [5.74, 6) is 1.56. The first kappa shape index (κ1) is 12.3. The summed E-state index contributed by atoms with van der Waals surface area (Å²) in [6, 6.07) is 6.06. The number of rotatable bonds is 4. The van der Waals surface area contributed by atoms with Crippen LogP contribution in [0.15, 0.2) is 48.8 Å². The molecule has 0 aliphatic carbocycles. The molecule has 1 nitrogen and oxygen atoms in total. The maximum Gasteiger partial charge on any atom is 0.129 e. The molecule has 84 valence electrons. The molecule has 1 aromatic carbocycles. The average molecular weight is 214 g/mol. The second-order valence-corrected chi connectivity index (χ2v) is 4.01. The zero-order valence-electron chi connectivity index (χ0n) is 10.2. The smallest absolute Gasteiger partial charge is 0.129 e. The van der Waals surface area contributed by atoms with E-state index >= 15 is 0 Å². The number of hydrogen-bond acceptors (Lipinski definition) is 1. The van der Waals surface area contributed by atoms with Gasteiger partial charge in [-0.05, 0) is 44.0 Å². The van der Waals surface area contributed by atoms with Crippen LogP contribution in [0.3, 0.4) is 0 Å². The number of allylic oxidation sites excluding steroid dienone is 3. The second kappa shape index (κ2) is 5.36. The van der Waals surface area contributed by atoms with Gasteiger partial charge in [-0.2, -0.15) is 0 Å². The van der Waals surface area contributed by atoms with Gasteiger partial charge in [-0.15, -0.1) is 0 Å². The Hall–Kier alpha value is -1.76. The van der Waals surface area contributed by atoms with E-state index in [1.54, 1.807) is 0 Å². The van der Waals surface area contributed by atoms with Crippen LogP contribution in [0, 0.1) is 6.92 Å². The highest BCUT2D eigenvalue weighted by molar-refractivity contribution is 5.55. The molecule has 0 N–H and O–H groups in total. The minimum atomic E-state index is 0.702. The van der Waals surface area contributed by atoms with Gasteiger partial charge in [-0.3, -0.25) is 0 Å². The first-order chi connectivity index (χ1) is 7.49. The van der Waals surface area contributed by atoms with E-state index in [-0.39, 0.29) is 0 Å². The number of aryl methyl sites for hydroxylation is 1. The van der Waals surface area contributed by atoms with Crippen molar-refractivity contribution < 1.29 is 4.74 Å². The molecule has 0 radical (unpaired) electrons. The molecule has 0 amide bonds. The van der Waals surface area contributed by atoms with Gasteiger partial charge < -0.3 is 4.74 Å². The van der Waals surface area contributed by atoms with Crippen LogP contribution in [0.4, 0.5) is 0 Å². The molecule has 0 atom stereocenters. The summed E-state index contributed by atoms with van der Waals surface area (Å²) in [6.45, 7) is 13.4. The number of benzene rings is 1. The third kappa shape index (κ3) is 3.77. The molecular formula is C15H18O. The monoisotopic (exact) mass is 214 g/mol. The predicted molar refractivity (Wildman–Crippen MR) is 70.5 cm³/mol. The van der Waals surface area contributed by atoms with E-state index < -0.39 is 0 Å². The van der Waals surface area contributed by atoms with Crippen molar-refractivity contribution in [2.75, 3.05) is 0 Å². The van der Waals surface area contributed by atoms with Crippen molar-refractivity contribution in [3.8, 4) is 5.75 Å². The fourth-order valence-corrected chi connectivity index (χ4v) is 1.32. The van der Waals surface area contributed by atoms with E-state index in [9.17, 15) is 0 Å². The van der Waals surface area contributed by atoms with Crippen molar-refractivity contribution >= 4 is 6.08 Å². The zero-order valence-corrected chi connectivity index (χ0v) is 10.2. The molecule has 0 saturated carbocycles. The van der Waals surface area contributed by atoms with Crippen molar-refractivity contribution in [3.63, 3.8) is 0 Å². The molecular weight excluding hydrogens is 196 g/mol. The molecule has 1 rings (SSSR count). The van der Waals surface area contributed by atoms with Gasteiger partial charge in [0.1, 0.15) is 5.75 Å². The molecule has 0 aliphatic rings. The third-order valence-electron chi connectivity index (χ3n) is 2.04. The summed E-state index contributed by atoms with van der Waals surface area (Å²) in [5, 5.41) is 0. The van der Waals surface area contributed by atoms with Crippen LogP contribution >= 0.6 is 0 Å². The van der Waals surface area contributed by atoms with Crippen LogP contribution < -0.4 is 4.74 Å². The van der Waals surface area contributed by atoms with Crippen molar-refractivity contribution in [3.05, 3.63) is 59.9 Å². The van der Waals surface area contributed by atoms with E-state index in [4.69, 9.17) is 4.74 Å². The maximum absolute atomic E-state index is 5.49. The van der Waals surface area contributed by atoms with Gasteiger partial charge in [0.15, 0.2) is 0 Å². The highest BCUT2D eigenvalue weighted by Crippen LogP contribution is 2.21. The largest absolute Gasteiger partial charge is 0.462 e. The van der Waals surface area contributed by atoms with Crippen LogP contribution in [-0.4, -0.2) is 0 Å². The lowest BCUT2D eigenvalue weighted by Gasteiger charge is -2.08. The molecule has 0 aliphatic heterocycles. The Morgan fingerprint density at radius 3 is 2.44 bits per heavy atom. The quantitative estimate of drug-likeness (QED) is 0.529. The molecule has 0 aromatic heterocycles. The van der Waals surface area contributed by atoms with Gasteiger partial charge in [0.05, 0.1) is 5.76 Å². The molecule has 0 bridgehead atoms. The fourth-order valence-electron chi connectivity index (χ4n) is 1.32. The lowest BCUT2D eigenvalue weighted by atomic mass is 10.1. The van der Waals surface area contributed by atoms with Gasteiger partial charge in [-0.25, -0.2) is 0 Å². The Bertz CT molecular complexity index is 439. The molecule has 0 spiro atoms. The lowest BCUT2D eigenvalue weighted by Crippen LogP contribution is -1.91. The molecule has 1 aromatic rings. The number of ether oxygens (including phenoxy) is 1. The Kier molecular flexibility index (Phi) is 4.12. The van der Waals surface area contributed by atoms with E-state index in [0.29, 0.717) is 5.76 Å². The molecule has 0 heterocycles. The summed E-state index contributed by atoms with van der Waals surface area (Å²) in [7, 11) is 0. The van der Waals surface area contributed by atoms with E-state index in [1.807, 2.05) is 45.1 Å². The minimum Gasteiger partial charge on any atom is -0.462 e. The molecule has 1 heteroatoms. The number of hydrogen-bond donors (Lipinski definition) is 0. The van der Waals surface area contributed by atoms with Crippen LogP contribution in [0.2, 0.25) is 0 Å². The van der Waals surface area contributed by atoms with E-state index in [2.05, 4.69) is 19.2 Å². The van der Waals surface area contributed by atoms with Crippen molar-refractivity contribution in [1.82, 2.24) is 0 Å². The SMILES string of the molecule is C=C(C)/C=C/c1ccc(OC(=C)C)c(C)c1. The topological polar surface area (TPSA) is 9.23 Å². The van der Waals surface area contributed by atoms with Gasteiger partial charge in [0, 0.05) is 0 Å². The molecule has 0 fully saturated rings. The van der Waals surface area contributed by atoms with Crippen LogP contribution in [0.5, 0.6) is 5.75 Å². The lowest BCUT2D eigenvalue weighted by molar-refractivity contribution is 0.427. The Morgan fingerprint density at radius 2 is 1.94 bits per heavy atom. The Balaban J connectivity index is 2.90. The summed E-state index contributed by atoms with van der Waals surface area (Å²) in [5.41, 5.74) is 3.29. The van der Waals surface area contributed by atoms with Gasteiger partial charge in [-0.1, -0.05) is 36.9 Å². The molecule has 0 saturated heterocycles. The maximum atomic E-state index is 5.49. The van der Waals surface area contributed by atoms with Gasteiger partial charge in [0.25, 0.3) is 0 Å². The summed E-state index contributed by atoms with van der Waals surface area (Å²) in [4.78, 5) is 0. The van der Waals surface area contributed by atoms with Crippen LogP contribution in [0.1, 0.15) is 25.0 Å². The summed E-state index contributed by atoms with van der Waals surface area (Å²) < 4.78 is 5.49. The highest BCUT2D eigenvalue weighted by atomic mass is 16.5. The van der Waals surface area contributed by atoms with Crippen molar-refractivity contribution in [2.45, 2.75) is 20.8 Å². The standard InChI is InChI=1S/C15H18O/c1-11(2)6-7-14-8-9-15(13(5)10-14)16-12(3)4/h6-10H,1,3H2,2,4-5H3/b7-6+. The third-order valence-corrected chi connectivity index (χ3v) is 2.04. The summed E-state index contributed by atoms with van der Waals surface area (Å²) >= 11 is 0. The molecule has 0 unspecified atom stereocenters. The predicted octanol–water partition coefficient (Wildman–Crippen LogP) is 4.50. The van der Waals surface area contributed by atoms with Crippen molar-refractivity contribution in [1.29, 1.82) is 0 Å². The minimum absolute atomic E-state index is 0.702. The first-order valence-corrected chi connectivity index (χ1v) is 5.26. The van der Waals surface area contributed by atoms with Crippen molar-refractivity contribution in [2.24, 2.45) is 0 Å². The van der Waals surface area contributed by atoms with Gasteiger partial charge in [0.2, 0.25) is 0 Å². The fraction of sp³-hybridized carbons (Fsp3) is 0.200. The average Bonchev–Trinajstić information content (AvgIpc) is 2.18. The van der Waals surface area contributed by atoms with E-state index in [1.165, 1.54) is 0 Å². The Morgan fingerprint density at radius 1 is 1.25 bits per heavy atom. The first-order valence-electron chi connectivity index (χ1n) is 5.26. The van der Waals surface area contributed by atoms with Gasteiger partial charge >= 0.3 is 0 Å². The zero-order chi connectivity index (χ0) is 12.1. The van der Waals surface area contributed by atoms with Crippen LogP contribution in [-0.2, 0) is 0 Å². The summed E-state index contributed by atoms with van der Waals surface area (Å²) in [6.07, 6.45) is 4.04.